The van der Waals surface area contributed by atoms with Crippen molar-refractivity contribution in [2.24, 2.45) is 0 Å². The third kappa shape index (κ3) is 4.90. The van der Waals surface area contributed by atoms with Crippen molar-refractivity contribution >= 4 is 6.08 Å². The molecule has 0 N–H and O–H groups in total. The standard InChI is InChI=1S/C15H13F9O/c16-12(17,13(18,19)14(20,21)15(22,23)24)8-10-25-9-4-7-11-5-2-1-3-6-11/h1-7H,8-10H2. The van der Waals surface area contributed by atoms with Crippen molar-refractivity contribution in [3.8, 4) is 0 Å². The number of hydrogen-bond acceptors (Lipinski definition) is 1. The van der Waals surface area contributed by atoms with E-state index >= 15 is 0 Å². The van der Waals surface area contributed by atoms with Crippen LogP contribution in [-0.2, 0) is 4.74 Å². The van der Waals surface area contributed by atoms with E-state index in [4.69, 9.17) is 0 Å². The average Bonchev–Trinajstić information content (AvgIpc) is 2.50. The Morgan fingerprint density at radius 3 is 1.88 bits per heavy atom. The molecule has 0 aromatic heterocycles. The molecular formula is C15H13F9O. The summed E-state index contributed by atoms with van der Waals surface area (Å²) < 4.78 is 118. The van der Waals surface area contributed by atoms with Gasteiger partial charge in [-0.3, -0.25) is 0 Å². The molecule has 142 valence electrons. The molecular weight excluding hydrogens is 367 g/mol. The Bertz CT molecular complexity index is 564. The lowest BCUT2D eigenvalue weighted by atomic mass is 10.0. The van der Waals surface area contributed by atoms with E-state index in [0.717, 1.165) is 5.56 Å². The average molecular weight is 380 g/mol. The predicted molar refractivity (Wildman–Crippen MR) is 71.8 cm³/mol. The van der Waals surface area contributed by atoms with Crippen LogP contribution < -0.4 is 0 Å². The number of benzene rings is 1. The van der Waals surface area contributed by atoms with Crippen molar-refractivity contribution < 1.29 is 44.3 Å². The summed E-state index contributed by atoms with van der Waals surface area (Å²) in [6.07, 6.45) is -5.94. The fraction of sp³-hybridized carbons (Fsp3) is 0.467. The predicted octanol–water partition coefficient (Wildman–Crippen LogP) is 5.57. The lowest BCUT2D eigenvalue weighted by Gasteiger charge is -2.33. The van der Waals surface area contributed by atoms with Gasteiger partial charge >= 0.3 is 23.9 Å². The smallest absolute Gasteiger partial charge is 0.377 e. The summed E-state index contributed by atoms with van der Waals surface area (Å²) in [6, 6.07) is 8.57. The first-order valence-corrected chi connectivity index (χ1v) is 6.82. The van der Waals surface area contributed by atoms with Crippen LogP contribution in [0.5, 0.6) is 0 Å². The maximum absolute atomic E-state index is 13.2. The van der Waals surface area contributed by atoms with Gasteiger partial charge < -0.3 is 4.74 Å². The van der Waals surface area contributed by atoms with Crippen LogP contribution in [0.3, 0.4) is 0 Å². The zero-order valence-corrected chi connectivity index (χ0v) is 12.5. The Balaban J connectivity index is 2.56. The number of rotatable bonds is 8. The van der Waals surface area contributed by atoms with Crippen LogP contribution >= 0.6 is 0 Å². The van der Waals surface area contributed by atoms with Gasteiger partial charge in [0.05, 0.1) is 13.2 Å². The number of halogens is 9. The number of ether oxygens (including phenoxy) is 1. The minimum atomic E-state index is -6.86. The largest absolute Gasteiger partial charge is 0.460 e. The molecule has 0 aliphatic heterocycles. The van der Waals surface area contributed by atoms with Gasteiger partial charge in [0, 0.05) is 6.42 Å². The molecule has 0 spiro atoms. The first-order valence-electron chi connectivity index (χ1n) is 6.82. The third-order valence-electron chi connectivity index (χ3n) is 3.09. The Hall–Kier alpha value is -1.71. The van der Waals surface area contributed by atoms with Gasteiger partial charge in [0.1, 0.15) is 0 Å². The normalized spacial score (nSPS) is 14.3. The molecule has 25 heavy (non-hydrogen) atoms. The van der Waals surface area contributed by atoms with Crippen molar-refractivity contribution in [2.45, 2.75) is 30.4 Å². The molecule has 1 aromatic rings. The summed E-state index contributed by atoms with van der Waals surface area (Å²) >= 11 is 0. The first kappa shape index (κ1) is 21.3. The SMILES string of the molecule is FC(F)(F)C(F)(F)C(F)(F)C(F)(F)CCOCC=Cc1ccccc1. The topological polar surface area (TPSA) is 9.23 Å². The van der Waals surface area contributed by atoms with E-state index in [1.54, 1.807) is 30.3 Å². The van der Waals surface area contributed by atoms with E-state index < -0.39 is 37.0 Å². The monoisotopic (exact) mass is 380 g/mol. The summed E-state index contributed by atoms with van der Waals surface area (Å²) in [5.74, 6) is -19.1. The summed E-state index contributed by atoms with van der Waals surface area (Å²) in [7, 11) is 0. The molecule has 0 heterocycles. The van der Waals surface area contributed by atoms with Crippen molar-refractivity contribution in [3.05, 3.63) is 42.0 Å². The highest BCUT2D eigenvalue weighted by Gasteiger charge is 2.81. The van der Waals surface area contributed by atoms with Crippen LogP contribution in [0.4, 0.5) is 39.5 Å². The maximum Gasteiger partial charge on any atom is 0.460 e. The molecule has 1 rings (SSSR count). The van der Waals surface area contributed by atoms with Crippen molar-refractivity contribution in [3.63, 3.8) is 0 Å². The zero-order chi connectivity index (χ0) is 19.4. The van der Waals surface area contributed by atoms with Gasteiger partial charge in [-0.05, 0) is 5.56 Å². The molecule has 1 aromatic carbocycles. The molecule has 0 atom stereocenters. The lowest BCUT2D eigenvalue weighted by molar-refractivity contribution is -0.397. The molecule has 0 radical (unpaired) electrons. The van der Waals surface area contributed by atoms with Crippen LogP contribution in [0.2, 0.25) is 0 Å². The second kappa shape index (κ2) is 7.67. The van der Waals surface area contributed by atoms with Gasteiger partial charge in [0.15, 0.2) is 0 Å². The fourth-order valence-corrected chi connectivity index (χ4v) is 1.66. The van der Waals surface area contributed by atoms with Crippen LogP contribution in [0.1, 0.15) is 12.0 Å². The van der Waals surface area contributed by atoms with E-state index in [1.165, 1.54) is 12.2 Å². The van der Waals surface area contributed by atoms with Gasteiger partial charge in [0.2, 0.25) is 0 Å². The number of alkyl halides is 9. The molecule has 0 aliphatic carbocycles. The van der Waals surface area contributed by atoms with Gasteiger partial charge in [0.25, 0.3) is 0 Å². The van der Waals surface area contributed by atoms with Crippen molar-refractivity contribution in [1.82, 2.24) is 0 Å². The lowest BCUT2D eigenvalue weighted by Crippen LogP contribution is -2.61. The first-order chi connectivity index (χ1) is 11.3. The van der Waals surface area contributed by atoms with Crippen LogP contribution in [-0.4, -0.2) is 37.2 Å². The molecule has 0 saturated carbocycles. The van der Waals surface area contributed by atoms with Crippen LogP contribution in [0, 0.1) is 0 Å². The van der Waals surface area contributed by atoms with Gasteiger partial charge in [-0.2, -0.15) is 39.5 Å². The maximum atomic E-state index is 13.2. The Morgan fingerprint density at radius 1 is 0.800 bits per heavy atom. The van der Waals surface area contributed by atoms with E-state index in [1.807, 2.05) is 0 Å². The highest BCUT2D eigenvalue weighted by Crippen LogP contribution is 2.53. The fourth-order valence-electron chi connectivity index (χ4n) is 1.66. The zero-order valence-electron chi connectivity index (χ0n) is 12.5. The van der Waals surface area contributed by atoms with E-state index in [9.17, 15) is 39.5 Å². The number of hydrogen-bond donors (Lipinski definition) is 0. The Morgan fingerprint density at radius 2 is 1.36 bits per heavy atom. The molecule has 0 fully saturated rings. The highest BCUT2D eigenvalue weighted by molar-refractivity contribution is 5.48. The molecule has 0 bridgehead atoms. The van der Waals surface area contributed by atoms with Gasteiger partial charge in [-0.25, -0.2) is 0 Å². The Labute approximate surface area is 137 Å². The van der Waals surface area contributed by atoms with Crippen LogP contribution in [0.15, 0.2) is 36.4 Å². The van der Waals surface area contributed by atoms with Crippen molar-refractivity contribution in [1.29, 1.82) is 0 Å². The van der Waals surface area contributed by atoms with E-state index in [2.05, 4.69) is 4.74 Å². The molecule has 0 saturated heterocycles. The highest BCUT2D eigenvalue weighted by atomic mass is 19.4. The van der Waals surface area contributed by atoms with Gasteiger partial charge in [-0.1, -0.05) is 42.5 Å². The molecule has 0 unspecified atom stereocenters. The molecule has 0 amide bonds. The third-order valence-corrected chi connectivity index (χ3v) is 3.09. The summed E-state index contributed by atoms with van der Waals surface area (Å²) in [5, 5.41) is 0. The molecule has 1 nitrogen and oxygen atoms in total. The van der Waals surface area contributed by atoms with Crippen LogP contribution in [0.25, 0.3) is 6.08 Å². The quantitative estimate of drug-likeness (QED) is 0.423. The second-order valence-electron chi connectivity index (χ2n) is 4.99. The summed E-state index contributed by atoms with van der Waals surface area (Å²) in [4.78, 5) is 0. The minimum Gasteiger partial charge on any atom is -0.377 e. The van der Waals surface area contributed by atoms with Crippen molar-refractivity contribution in [2.75, 3.05) is 13.2 Å². The van der Waals surface area contributed by atoms with E-state index in [-0.39, 0.29) is 6.61 Å². The Kier molecular flexibility index (Phi) is 6.55. The molecule has 10 heteroatoms. The summed E-state index contributed by atoms with van der Waals surface area (Å²) in [5.41, 5.74) is 0.729. The summed E-state index contributed by atoms with van der Waals surface area (Å²) in [6.45, 7) is -1.44. The van der Waals surface area contributed by atoms with E-state index in [0.29, 0.717) is 0 Å². The minimum absolute atomic E-state index is 0.313. The second-order valence-corrected chi connectivity index (χ2v) is 4.99. The molecule has 0 aliphatic rings. The van der Waals surface area contributed by atoms with Gasteiger partial charge in [-0.15, -0.1) is 0 Å².